The highest BCUT2D eigenvalue weighted by atomic mass is 16.2. The van der Waals surface area contributed by atoms with Gasteiger partial charge in [-0.15, -0.1) is 0 Å². The molecule has 7 nitrogen and oxygen atoms in total. The van der Waals surface area contributed by atoms with Crippen molar-refractivity contribution in [3.63, 3.8) is 0 Å². The number of para-hydroxylation sites is 1. The molecule has 2 atom stereocenters. The third-order valence-corrected chi connectivity index (χ3v) is 5.01. The quantitative estimate of drug-likeness (QED) is 0.664. The first kappa shape index (κ1) is 15.6. The van der Waals surface area contributed by atoms with E-state index < -0.39 is 5.91 Å². The van der Waals surface area contributed by atoms with Gasteiger partial charge >= 0.3 is 0 Å². The predicted molar refractivity (Wildman–Crippen MR) is 94.4 cm³/mol. The van der Waals surface area contributed by atoms with Crippen LogP contribution in [0.2, 0.25) is 0 Å². The van der Waals surface area contributed by atoms with E-state index in [1.165, 1.54) is 11.8 Å². The van der Waals surface area contributed by atoms with Crippen LogP contribution in [-0.4, -0.2) is 35.9 Å². The van der Waals surface area contributed by atoms with Gasteiger partial charge in [0.1, 0.15) is 5.82 Å². The third kappa shape index (κ3) is 2.72. The first-order valence-electron chi connectivity index (χ1n) is 8.21. The molecule has 2 aliphatic heterocycles. The number of anilines is 2. The number of nitrogens with one attached hydrogen (secondary N) is 3. The van der Waals surface area contributed by atoms with Crippen LogP contribution in [0.25, 0.3) is 0 Å². The van der Waals surface area contributed by atoms with Gasteiger partial charge in [-0.1, -0.05) is 18.2 Å². The molecule has 7 heteroatoms. The van der Waals surface area contributed by atoms with Gasteiger partial charge in [-0.05, 0) is 30.2 Å². The van der Waals surface area contributed by atoms with Crippen LogP contribution in [0.4, 0.5) is 11.5 Å². The summed E-state index contributed by atoms with van der Waals surface area (Å²) in [6, 6.07) is 11.1. The van der Waals surface area contributed by atoms with Crippen LogP contribution in [-0.2, 0) is 10.2 Å². The van der Waals surface area contributed by atoms with Gasteiger partial charge in [-0.25, -0.2) is 4.98 Å². The normalized spacial score (nSPS) is 23.9. The first-order valence-corrected chi connectivity index (χ1v) is 8.21. The lowest BCUT2D eigenvalue weighted by Crippen LogP contribution is -2.35. The Labute approximate surface area is 145 Å². The summed E-state index contributed by atoms with van der Waals surface area (Å²) in [4.78, 5) is 27.7. The zero-order chi connectivity index (χ0) is 17.4. The summed E-state index contributed by atoms with van der Waals surface area (Å²) in [5, 5.41) is 9.55. The van der Waals surface area contributed by atoms with Crippen LogP contribution in [0.15, 0.2) is 42.6 Å². The fourth-order valence-electron chi connectivity index (χ4n) is 3.67. The Morgan fingerprint density at radius 1 is 1.20 bits per heavy atom. The smallest absolute Gasteiger partial charge is 0.250 e. The lowest BCUT2D eigenvalue weighted by atomic mass is 9.80. The number of hydrogen-bond donors (Lipinski definition) is 4. The molecule has 0 aliphatic carbocycles. The summed E-state index contributed by atoms with van der Waals surface area (Å²) in [6.07, 6.45) is 2.08. The third-order valence-electron chi connectivity index (χ3n) is 5.01. The van der Waals surface area contributed by atoms with E-state index >= 15 is 0 Å². The highest BCUT2D eigenvalue weighted by Gasteiger charge is 2.46. The van der Waals surface area contributed by atoms with E-state index in [2.05, 4.69) is 33.1 Å². The van der Waals surface area contributed by atoms with Crippen LogP contribution < -0.4 is 21.7 Å². The Bertz CT molecular complexity index is 836. The maximum absolute atomic E-state index is 12.6. The number of carbonyl (C=O) groups excluding carboxylic acids is 2. The van der Waals surface area contributed by atoms with E-state index in [0.717, 1.165) is 25.2 Å². The standard InChI is InChI=1S/C18H19N5O2/c19-16(24)11-5-6-15(20-8-11)23-17(25)14-7-18(10-22-14)9-21-13-4-2-1-3-12(13)18/h1-6,8,14,21-22H,7,9-10H2,(H2,19,24)(H,20,23,25). The Morgan fingerprint density at radius 2 is 2.04 bits per heavy atom. The highest BCUT2D eigenvalue weighted by molar-refractivity contribution is 5.96. The molecule has 1 spiro atoms. The number of carbonyl (C=O) groups is 2. The molecule has 1 aromatic carbocycles. The SMILES string of the molecule is NC(=O)c1ccc(NC(=O)C2CC3(CNc4ccccc43)CN2)nc1. The molecule has 5 N–H and O–H groups in total. The van der Waals surface area contributed by atoms with E-state index in [9.17, 15) is 9.59 Å². The van der Waals surface area contributed by atoms with Crippen LogP contribution in [0.5, 0.6) is 0 Å². The molecule has 2 aromatic rings. The second-order valence-electron chi connectivity index (χ2n) is 6.60. The predicted octanol–water partition coefficient (Wildman–Crippen LogP) is 0.844. The van der Waals surface area contributed by atoms with Gasteiger partial charge in [0.25, 0.3) is 0 Å². The molecule has 0 saturated carbocycles. The molecule has 0 bridgehead atoms. The number of nitrogens with zero attached hydrogens (tertiary/aromatic N) is 1. The van der Waals surface area contributed by atoms with Gasteiger partial charge in [0.15, 0.2) is 0 Å². The molecule has 2 unspecified atom stereocenters. The number of aromatic nitrogens is 1. The number of rotatable bonds is 3. The van der Waals surface area contributed by atoms with Gasteiger partial charge in [-0.2, -0.15) is 0 Å². The van der Waals surface area contributed by atoms with Crippen LogP contribution in [0, 0.1) is 0 Å². The van der Waals surface area contributed by atoms with Gasteiger partial charge in [0, 0.05) is 30.4 Å². The van der Waals surface area contributed by atoms with Crippen molar-refractivity contribution in [1.82, 2.24) is 10.3 Å². The summed E-state index contributed by atoms with van der Waals surface area (Å²) < 4.78 is 0. The maximum atomic E-state index is 12.6. The molecule has 1 aromatic heterocycles. The minimum Gasteiger partial charge on any atom is -0.384 e. The summed E-state index contributed by atoms with van der Waals surface area (Å²) in [6.45, 7) is 1.58. The number of pyridine rings is 1. The van der Waals surface area contributed by atoms with E-state index in [-0.39, 0.29) is 17.4 Å². The zero-order valence-electron chi connectivity index (χ0n) is 13.6. The molecule has 2 aliphatic rings. The lowest BCUT2D eigenvalue weighted by molar-refractivity contribution is -0.117. The van der Waals surface area contributed by atoms with Crippen molar-refractivity contribution >= 4 is 23.3 Å². The van der Waals surface area contributed by atoms with E-state index in [0.29, 0.717) is 11.4 Å². The summed E-state index contributed by atoms with van der Waals surface area (Å²) in [7, 11) is 0. The number of fused-ring (bicyclic) bond motifs is 2. The van der Waals surface area contributed by atoms with Crippen molar-refractivity contribution in [2.45, 2.75) is 17.9 Å². The summed E-state index contributed by atoms with van der Waals surface area (Å²) in [5.41, 5.74) is 7.86. The van der Waals surface area contributed by atoms with Crippen LogP contribution in [0.1, 0.15) is 22.3 Å². The largest absolute Gasteiger partial charge is 0.384 e. The van der Waals surface area contributed by atoms with Crippen molar-refractivity contribution in [2.75, 3.05) is 23.7 Å². The van der Waals surface area contributed by atoms with Crippen molar-refractivity contribution in [1.29, 1.82) is 0 Å². The van der Waals surface area contributed by atoms with E-state index in [4.69, 9.17) is 5.73 Å². The molecule has 0 radical (unpaired) electrons. The molecule has 128 valence electrons. The van der Waals surface area contributed by atoms with Gasteiger partial charge in [0.2, 0.25) is 11.8 Å². The average Bonchev–Trinajstić information content (AvgIpc) is 3.21. The molecule has 4 rings (SSSR count). The topological polar surface area (TPSA) is 109 Å². The van der Waals surface area contributed by atoms with Gasteiger partial charge < -0.3 is 21.7 Å². The number of hydrogen-bond acceptors (Lipinski definition) is 5. The van der Waals surface area contributed by atoms with E-state index in [1.54, 1.807) is 12.1 Å². The minimum absolute atomic E-state index is 0.0537. The summed E-state index contributed by atoms with van der Waals surface area (Å²) in [5.74, 6) is -0.263. The Kier molecular flexibility index (Phi) is 3.65. The lowest BCUT2D eigenvalue weighted by Gasteiger charge is -2.22. The van der Waals surface area contributed by atoms with Crippen molar-refractivity contribution in [3.05, 3.63) is 53.7 Å². The number of amides is 2. The van der Waals surface area contributed by atoms with Crippen LogP contribution >= 0.6 is 0 Å². The average molecular weight is 337 g/mol. The van der Waals surface area contributed by atoms with Crippen molar-refractivity contribution in [2.24, 2.45) is 5.73 Å². The minimum atomic E-state index is -0.544. The first-order chi connectivity index (χ1) is 12.1. The molecule has 25 heavy (non-hydrogen) atoms. The fourth-order valence-corrected chi connectivity index (χ4v) is 3.67. The molecule has 3 heterocycles. The summed E-state index contributed by atoms with van der Waals surface area (Å²) >= 11 is 0. The van der Waals surface area contributed by atoms with Crippen molar-refractivity contribution < 1.29 is 9.59 Å². The fraction of sp³-hybridized carbons (Fsp3) is 0.278. The highest BCUT2D eigenvalue weighted by Crippen LogP contribution is 2.42. The Hall–Kier alpha value is -2.93. The molecule has 1 saturated heterocycles. The van der Waals surface area contributed by atoms with E-state index in [1.807, 2.05) is 12.1 Å². The number of primary amides is 1. The van der Waals surface area contributed by atoms with Gasteiger partial charge in [-0.3, -0.25) is 9.59 Å². The van der Waals surface area contributed by atoms with Crippen LogP contribution in [0.3, 0.4) is 0 Å². The second-order valence-corrected chi connectivity index (χ2v) is 6.60. The number of nitrogens with two attached hydrogens (primary N) is 1. The molecule has 2 amide bonds. The van der Waals surface area contributed by atoms with Crippen molar-refractivity contribution in [3.8, 4) is 0 Å². The Balaban J connectivity index is 1.45. The number of benzene rings is 1. The molecule has 1 fully saturated rings. The second kappa shape index (κ2) is 5.86. The molecular formula is C18H19N5O2. The maximum Gasteiger partial charge on any atom is 0.250 e. The molecular weight excluding hydrogens is 318 g/mol. The zero-order valence-corrected chi connectivity index (χ0v) is 13.6. The Morgan fingerprint density at radius 3 is 2.80 bits per heavy atom. The van der Waals surface area contributed by atoms with Gasteiger partial charge in [0.05, 0.1) is 11.6 Å². The monoisotopic (exact) mass is 337 g/mol.